The van der Waals surface area contributed by atoms with Crippen molar-refractivity contribution in [3.05, 3.63) is 29.3 Å². The average molecular weight is 392 g/mol. The quantitative estimate of drug-likeness (QED) is 0.728. The molecule has 2 rings (SSSR count). The zero-order chi connectivity index (χ0) is 16.7. The molecule has 1 aliphatic heterocycles. The van der Waals surface area contributed by atoms with Crippen molar-refractivity contribution < 1.29 is 9.59 Å². The van der Waals surface area contributed by atoms with Crippen LogP contribution in [0.4, 0.5) is 0 Å². The minimum absolute atomic E-state index is 0. The molecule has 8 heteroatoms. The first-order valence-electron chi connectivity index (χ1n) is 7.74. The molecular weight excluding hydrogens is 369 g/mol. The number of thioether (sulfide) groups is 1. The maximum Gasteiger partial charge on any atom is 0.232 e. The first kappa shape index (κ1) is 21.1. The topological polar surface area (TPSA) is 75.4 Å². The molecule has 0 radical (unpaired) electrons. The van der Waals surface area contributed by atoms with Gasteiger partial charge in [-0.25, -0.2) is 0 Å². The van der Waals surface area contributed by atoms with Crippen LogP contribution in [0.3, 0.4) is 0 Å². The molecule has 3 N–H and O–H groups in total. The fourth-order valence-electron chi connectivity index (χ4n) is 2.52. The lowest BCUT2D eigenvalue weighted by molar-refractivity contribution is -0.133. The van der Waals surface area contributed by atoms with E-state index in [2.05, 4.69) is 5.32 Å². The lowest BCUT2D eigenvalue weighted by Gasteiger charge is -2.32. The summed E-state index contributed by atoms with van der Waals surface area (Å²) in [5.74, 6) is 0.318. The normalized spacial score (nSPS) is 17.1. The molecule has 0 aliphatic carbocycles. The van der Waals surface area contributed by atoms with Crippen LogP contribution < -0.4 is 11.1 Å². The van der Waals surface area contributed by atoms with Crippen molar-refractivity contribution in [1.82, 2.24) is 10.2 Å². The van der Waals surface area contributed by atoms with Crippen molar-refractivity contribution in [3.8, 4) is 0 Å². The van der Waals surface area contributed by atoms with Crippen molar-refractivity contribution in [2.75, 3.05) is 31.9 Å². The molecule has 0 saturated carbocycles. The highest BCUT2D eigenvalue weighted by Gasteiger charge is 2.27. The van der Waals surface area contributed by atoms with E-state index in [9.17, 15) is 9.59 Å². The second-order valence-corrected chi connectivity index (χ2v) is 6.99. The van der Waals surface area contributed by atoms with E-state index in [0.717, 1.165) is 24.3 Å². The van der Waals surface area contributed by atoms with E-state index in [1.807, 2.05) is 24.3 Å². The van der Waals surface area contributed by atoms with Gasteiger partial charge >= 0.3 is 0 Å². The number of likely N-dealkylation sites (tertiary alicyclic amines) is 1. The van der Waals surface area contributed by atoms with E-state index in [4.69, 9.17) is 17.3 Å². The predicted octanol–water partition coefficient (Wildman–Crippen LogP) is 2.17. The zero-order valence-electron chi connectivity index (χ0n) is 13.4. The van der Waals surface area contributed by atoms with Gasteiger partial charge in [-0.1, -0.05) is 11.6 Å². The number of carbonyl (C=O) groups is 2. The third-order valence-electron chi connectivity index (χ3n) is 3.76. The average Bonchev–Trinajstić information content (AvgIpc) is 2.59. The van der Waals surface area contributed by atoms with Gasteiger partial charge in [0.25, 0.3) is 0 Å². The molecule has 1 atom stereocenters. The third kappa shape index (κ3) is 6.51. The summed E-state index contributed by atoms with van der Waals surface area (Å²) in [6, 6.07) is 7.43. The van der Waals surface area contributed by atoms with Crippen LogP contribution in [-0.4, -0.2) is 48.6 Å². The number of nitrogens with two attached hydrogens (primary N) is 1. The Bertz CT molecular complexity index is 543. The van der Waals surface area contributed by atoms with Gasteiger partial charge in [-0.3, -0.25) is 9.59 Å². The molecule has 1 aromatic rings. The summed E-state index contributed by atoms with van der Waals surface area (Å²) < 4.78 is 0. The summed E-state index contributed by atoms with van der Waals surface area (Å²) in [6.07, 6.45) is 1.68. The Balaban J connectivity index is 0.00000288. The highest BCUT2D eigenvalue weighted by atomic mass is 35.5. The number of hydrogen-bond acceptors (Lipinski definition) is 4. The minimum atomic E-state index is -0.125. The Kier molecular flexibility index (Phi) is 9.51. The maximum atomic E-state index is 12.3. The van der Waals surface area contributed by atoms with Crippen LogP contribution in [0.5, 0.6) is 0 Å². The van der Waals surface area contributed by atoms with E-state index in [1.165, 1.54) is 11.8 Å². The summed E-state index contributed by atoms with van der Waals surface area (Å²) in [7, 11) is 0. The Morgan fingerprint density at radius 2 is 2.04 bits per heavy atom. The summed E-state index contributed by atoms with van der Waals surface area (Å²) in [5.41, 5.74) is 5.40. The van der Waals surface area contributed by atoms with Gasteiger partial charge in [0.1, 0.15) is 0 Å². The number of piperidine rings is 1. The van der Waals surface area contributed by atoms with E-state index in [-0.39, 0.29) is 30.1 Å². The second kappa shape index (κ2) is 10.8. The summed E-state index contributed by atoms with van der Waals surface area (Å²) in [6.45, 7) is 2.13. The third-order valence-corrected chi connectivity index (χ3v) is 5.01. The van der Waals surface area contributed by atoms with Crippen molar-refractivity contribution >= 4 is 47.6 Å². The van der Waals surface area contributed by atoms with Gasteiger partial charge in [0.05, 0.1) is 11.7 Å². The molecule has 1 fully saturated rings. The van der Waals surface area contributed by atoms with E-state index in [0.29, 0.717) is 30.4 Å². The van der Waals surface area contributed by atoms with Gasteiger partial charge in [-0.2, -0.15) is 0 Å². The van der Waals surface area contributed by atoms with Crippen LogP contribution in [0.25, 0.3) is 0 Å². The lowest BCUT2D eigenvalue weighted by Crippen LogP contribution is -2.46. The molecule has 1 aliphatic rings. The maximum absolute atomic E-state index is 12.3. The molecule has 0 aromatic heterocycles. The monoisotopic (exact) mass is 391 g/mol. The van der Waals surface area contributed by atoms with E-state index >= 15 is 0 Å². The lowest BCUT2D eigenvalue weighted by atomic mass is 9.97. The fourth-order valence-corrected chi connectivity index (χ4v) is 3.45. The molecule has 0 bridgehead atoms. The summed E-state index contributed by atoms with van der Waals surface area (Å²) in [4.78, 5) is 27.2. The number of carbonyl (C=O) groups excluding carboxylic acids is 2. The summed E-state index contributed by atoms with van der Waals surface area (Å²) >= 11 is 7.34. The second-order valence-electron chi connectivity index (χ2n) is 5.50. The van der Waals surface area contributed by atoms with Gasteiger partial charge in [0.2, 0.25) is 11.8 Å². The van der Waals surface area contributed by atoms with Crippen LogP contribution in [0.2, 0.25) is 5.02 Å². The molecule has 24 heavy (non-hydrogen) atoms. The Morgan fingerprint density at radius 1 is 1.33 bits per heavy atom. The van der Waals surface area contributed by atoms with Crippen LogP contribution >= 0.6 is 35.8 Å². The fraction of sp³-hybridized carbons (Fsp3) is 0.500. The molecule has 1 aromatic carbocycles. The van der Waals surface area contributed by atoms with E-state index in [1.54, 1.807) is 4.90 Å². The molecule has 0 spiro atoms. The van der Waals surface area contributed by atoms with Crippen molar-refractivity contribution in [1.29, 1.82) is 0 Å². The van der Waals surface area contributed by atoms with Gasteiger partial charge in [0, 0.05) is 36.1 Å². The van der Waals surface area contributed by atoms with Crippen molar-refractivity contribution in [2.45, 2.75) is 17.7 Å². The van der Waals surface area contributed by atoms with Gasteiger partial charge in [-0.05, 0) is 37.1 Å². The minimum Gasteiger partial charge on any atom is -0.355 e. The Hall–Kier alpha value is -0.950. The molecule has 134 valence electrons. The number of hydrogen-bond donors (Lipinski definition) is 2. The zero-order valence-corrected chi connectivity index (χ0v) is 15.8. The highest BCUT2D eigenvalue weighted by molar-refractivity contribution is 8.00. The van der Waals surface area contributed by atoms with Gasteiger partial charge in [0.15, 0.2) is 0 Å². The Labute approximate surface area is 158 Å². The number of nitrogens with zero attached hydrogens (tertiary/aromatic N) is 1. The van der Waals surface area contributed by atoms with Crippen LogP contribution in [0.15, 0.2) is 29.2 Å². The first-order valence-corrected chi connectivity index (χ1v) is 9.10. The molecule has 1 heterocycles. The van der Waals surface area contributed by atoms with Crippen molar-refractivity contribution in [2.24, 2.45) is 11.7 Å². The molecule has 1 unspecified atom stereocenters. The number of rotatable bonds is 6. The van der Waals surface area contributed by atoms with Crippen LogP contribution in [0.1, 0.15) is 12.8 Å². The van der Waals surface area contributed by atoms with Gasteiger partial charge < -0.3 is 16.0 Å². The molecule has 5 nitrogen and oxygen atoms in total. The SMILES string of the molecule is Cl.NCCNC(=O)C1CCCN(C(=O)CSc2ccc(Cl)cc2)C1. The predicted molar refractivity (Wildman–Crippen MR) is 101 cm³/mol. The summed E-state index contributed by atoms with van der Waals surface area (Å²) in [5, 5.41) is 3.49. The number of amides is 2. The number of halogens is 2. The molecule has 1 saturated heterocycles. The number of nitrogens with one attached hydrogen (secondary N) is 1. The first-order chi connectivity index (χ1) is 11.1. The molecule has 2 amide bonds. The van der Waals surface area contributed by atoms with Crippen molar-refractivity contribution in [3.63, 3.8) is 0 Å². The van der Waals surface area contributed by atoms with Crippen LogP contribution in [-0.2, 0) is 9.59 Å². The van der Waals surface area contributed by atoms with Crippen LogP contribution in [0, 0.1) is 5.92 Å². The number of benzene rings is 1. The van der Waals surface area contributed by atoms with Gasteiger partial charge in [-0.15, -0.1) is 24.2 Å². The standard InChI is InChI=1S/C16H22ClN3O2S.ClH/c17-13-3-5-14(6-4-13)23-11-15(21)20-9-1-2-12(10-20)16(22)19-8-7-18;/h3-6,12H,1-2,7-11,18H2,(H,19,22);1H. The molecular formula is C16H23Cl2N3O2S. The highest BCUT2D eigenvalue weighted by Crippen LogP contribution is 2.22. The van der Waals surface area contributed by atoms with E-state index < -0.39 is 0 Å². The largest absolute Gasteiger partial charge is 0.355 e. The smallest absolute Gasteiger partial charge is 0.232 e. The Morgan fingerprint density at radius 3 is 2.71 bits per heavy atom.